The van der Waals surface area contributed by atoms with Crippen molar-refractivity contribution in [3.05, 3.63) is 18.6 Å². The number of aromatic nitrogens is 3. The van der Waals surface area contributed by atoms with Crippen molar-refractivity contribution < 1.29 is 0 Å². The second kappa shape index (κ2) is 5.20. The molecular weight excluding hydrogens is 262 g/mol. The van der Waals surface area contributed by atoms with Gasteiger partial charge in [-0.1, -0.05) is 12.8 Å². The molecule has 0 amide bonds. The minimum atomic E-state index is 0.660. The van der Waals surface area contributed by atoms with E-state index in [2.05, 4.69) is 19.6 Å². The Bertz CT molecular complexity index is 633. The number of hydrogen-bond acceptors (Lipinski definition) is 4. The number of fused-ring (bicyclic) bond motifs is 2. The molecule has 0 aromatic carbocycles. The Morgan fingerprint density at radius 1 is 1.19 bits per heavy atom. The largest absolute Gasteiger partial charge is 0.372 e. The molecule has 1 saturated heterocycles. The molecule has 1 aliphatic carbocycles. The Labute approximate surface area is 125 Å². The minimum Gasteiger partial charge on any atom is -0.372 e. The normalized spacial score (nSPS) is 25.9. The summed E-state index contributed by atoms with van der Waals surface area (Å²) in [5.41, 5.74) is 0.986. The summed E-state index contributed by atoms with van der Waals surface area (Å²) in [5, 5.41) is 3.17. The highest BCUT2D eigenvalue weighted by Gasteiger charge is 2.35. The van der Waals surface area contributed by atoms with Gasteiger partial charge in [0.1, 0.15) is 5.82 Å². The molecule has 2 fully saturated rings. The Hall–Kier alpha value is -1.78. The Morgan fingerprint density at radius 2 is 2.05 bits per heavy atom. The summed E-state index contributed by atoms with van der Waals surface area (Å²) >= 11 is 0. The molecule has 4 rings (SSSR count). The molecule has 0 bridgehead atoms. The van der Waals surface area contributed by atoms with Crippen molar-refractivity contribution in [2.75, 3.05) is 23.8 Å². The topological polar surface area (TPSA) is 45.5 Å². The van der Waals surface area contributed by atoms with Crippen LogP contribution in [0.3, 0.4) is 0 Å². The highest BCUT2D eigenvalue weighted by atomic mass is 15.3. The first-order chi connectivity index (χ1) is 10.4. The first-order valence-electron chi connectivity index (χ1n) is 8.15. The van der Waals surface area contributed by atoms with Crippen LogP contribution in [0.25, 0.3) is 5.65 Å². The van der Waals surface area contributed by atoms with Crippen LogP contribution < -0.4 is 10.2 Å². The van der Waals surface area contributed by atoms with E-state index < -0.39 is 0 Å². The van der Waals surface area contributed by atoms with E-state index >= 15 is 0 Å². The number of nitrogens with one attached hydrogen (secondary N) is 1. The van der Waals surface area contributed by atoms with E-state index in [4.69, 9.17) is 4.98 Å². The molecule has 5 heteroatoms. The summed E-state index contributed by atoms with van der Waals surface area (Å²) in [6.07, 6.45) is 14.0. The van der Waals surface area contributed by atoms with Gasteiger partial charge in [0.15, 0.2) is 11.5 Å². The smallest absolute Gasteiger partial charge is 0.180 e. The minimum absolute atomic E-state index is 0.660. The summed E-state index contributed by atoms with van der Waals surface area (Å²) in [4.78, 5) is 11.9. The predicted octanol–water partition coefficient (Wildman–Crippen LogP) is 2.93. The quantitative estimate of drug-likeness (QED) is 0.921. The first kappa shape index (κ1) is 12.9. The third kappa shape index (κ3) is 2.15. The molecule has 2 aromatic rings. The van der Waals surface area contributed by atoms with Crippen LogP contribution in [0, 0.1) is 5.92 Å². The molecule has 1 N–H and O–H groups in total. The van der Waals surface area contributed by atoms with Crippen LogP contribution in [0.5, 0.6) is 0 Å². The number of rotatable bonds is 2. The van der Waals surface area contributed by atoms with Gasteiger partial charge in [0.25, 0.3) is 0 Å². The highest BCUT2D eigenvalue weighted by Crippen LogP contribution is 2.38. The van der Waals surface area contributed by atoms with E-state index in [0.29, 0.717) is 6.04 Å². The number of anilines is 2. The molecule has 2 atom stereocenters. The van der Waals surface area contributed by atoms with Crippen LogP contribution in [0.1, 0.15) is 38.5 Å². The van der Waals surface area contributed by atoms with Crippen LogP contribution in [-0.4, -0.2) is 34.0 Å². The molecule has 21 heavy (non-hydrogen) atoms. The molecule has 0 radical (unpaired) electrons. The second-order valence-corrected chi connectivity index (χ2v) is 6.31. The maximum absolute atomic E-state index is 4.84. The lowest BCUT2D eigenvalue weighted by Gasteiger charge is -2.44. The lowest BCUT2D eigenvalue weighted by molar-refractivity contribution is 0.243. The monoisotopic (exact) mass is 285 g/mol. The molecule has 1 aliphatic heterocycles. The van der Waals surface area contributed by atoms with E-state index in [9.17, 15) is 0 Å². The molecule has 5 nitrogen and oxygen atoms in total. The lowest BCUT2D eigenvalue weighted by Crippen LogP contribution is -2.47. The van der Waals surface area contributed by atoms with Gasteiger partial charge in [-0.05, 0) is 31.6 Å². The third-order valence-electron chi connectivity index (χ3n) is 5.13. The van der Waals surface area contributed by atoms with Crippen molar-refractivity contribution in [1.29, 1.82) is 0 Å². The van der Waals surface area contributed by atoms with E-state index in [1.54, 1.807) is 0 Å². The van der Waals surface area contributed by atoms with Gasteiger partial charge in [-0.3, -0.25) is 0 Å². The van der Waals surface area contributed by atoms with Gasteiger partial charge >= 0.3 is 0 Å². The summed E-state index contributed by atoms with van der Waals surface area (Å²) in [5.74, 6) is 2.82. The van der Waals surface area contributed by atoms with Crippen LogP contribution in [0.4, 0.5) is 11.6 Å². The van der Waals surface area contributed by atoms with Gasteiger partial charge in [0.05, 0.1) is 6.20 Å². The molecule has 0 spiro atoms. The van der Waals surface area contributed by atoms with Crippen LogP contribution in [-0.2, 0) is 0 Å². The molecule has 3 heterocycles. The van der Waals surface area contributed by atoms with Gasteiger partial charge in [0, 0.05) is 32.0 Å². The average Bonchev–Trinajstić information content (AvgIpc) is 3.02. The van der Waals surface area contributed by atoms with Gasteiger partial charge in [0.2, 0.25) is 0 Å². The first-order valence-corrected chi connectivity index (χ1v) is 8.15. The summed E-state index contributed by atoms with van der Waals surface area (Å²) in [6, 6.07) is 0.660. The molecule has 112 valence electrons. The summed E-state index contributed by atoms with van der Waals surface area (Å²) in [6.45, 7) is 1.11. The van der Waals surface area contributed by atoms with E-state index in [-0.39, 0.29) is 0 Å². The van der Waals surface area contributed by atoms with Gasteiger partial charge in [-0.15, -0.1) is 0 Å². The fraction of sp³-hybridized carbons (Fsp3) is 0.625. The fourth-order valence-corrected chi connectivity index (χ4v) is 4.12. The zero-order chi connectivity index (χ0) is 14.2. The van der Waals surface area contributed by atoms with Crippen LogP contribution in [0.15, 0.2) is 18.6 Å². The van der Waals surface area contributed by atoms with Crippen molar-refractivity contribution in [3.8, 4) is 0 Å². The number of nitrogens with zero attached hydrogens (tertiary/aromatic N) is 4. The number of hydrogen-bond donors (Lipinski definition) is 1. The zero-order valence-electron chi connectivity index (χ0n) is 12.6. The fourth-order valence-electron chi connectivity index (χ4n) is 4.12. The molecular formula is C16H23N5. The van der Waals surface area contributed by atoms with Gasteiger partial charge in [-0.2, -0.15) is 0 Å². The van der Waals surface area contributed by atoms with Crippen LogP contribution in [0.2, 0.25) is 0 Å². The zero-order valence-corrected chi connectivity index (χ0v) is 12.6. The predicted molar refractivity (Wildman–Crippen MR) is 84.9 cm³/mol. The second-order valence-electron chi connectivity index (χ2n) is 6.31. The Morgan fingerprint density at radius 3 is 2.95 bits per heavy atom. The highest BCUT2D eigenvalue weighted by molar-refractivity contribution is 5.67. The third-order valence-corrected chi connectivity index (χ3v) is 5.13. The van der Waals surface area contributed by atoms with E-state index in [0.717, 1.165) is 29.7 Å². The molecule has 1 saturated carbocycles. The Balaban J connectivity index is 1.78. The average molecular weight is 285 g/mol. The summed E-state index contributed by atoms with van der Waals surface area (Å²) in [7, 11) is 1.93. The van der Waals surface area contributed by atoms with Crippen molar-refractivity contribution >= 4 is 17.3 Å². The Kier molecular flexibility index (Phi) is 3.20. The molecule has 2 aliphatic rings. The van der Waals surface area contributed by atoms with Gasteiger partial charge < -0.3 is 14.6 Å². The van der Waals surface area contributed by atoms with Crippen molar-refractivity contribution in [3.63, 3.8) is 0 Å². The van der Waals surface area contributed by atoms with Crippen LogP contribution >= 0.6 is 0 Å². The SMILES string of the molecule is CNc1cn2ccnc2c(N2CCCC3CCCCC32)n1. The van der Waals surface area contributed by atoms with Gasteiger partial charge in [-0.25, -0.2) is 9.97 Å². The van der Waals surface area contributed by atoms with Crippen molar-refractivity contribution in [2.24, 2.45) is 5.92 Å². The summed E-state index contributed by atoms with van der Waals surface area (Å²) < 4.78 is 2.08. The number of imidazole rings is 1. The lowest BCUT2D eigenvalue weighted by atomic mass is 9.78. The van der Waals surface area contributed by atoms with Crippen molar-refractivity contribution in [2.45, 2.75) is 44.6 Å². The maximum Gasteiger partial charge on any atom is 0.180 e. The standard InChI is InChI=1S/C16H23N5/c1-17-14-11-20-10-8-18-15(20)16(19-14)21-9-4-6-12-5-2-3-7-13(12)21/h8,10-13,17H,2-7,9H2,1H3. The van der Waals surface area contributed by atoms with E-state index in [1.165, 1.54) is 38.5 Å². The maximum atomic E-state index is 4.84. The van der Waals surface area contributed by atoms with Crippen molar-refractivity contribution in [1.82, 2.24) is 14.4 Å². The number of piperidine rings is 1. The molecule has 2 aromatic heterocycles. The van der Waals surface area contributed by atoms with E-state index in [1.807, 2.05) is 25.6 Å². The molecule has 2 unspecified atom stereocenters.